The third-order valence-corrected chi connectivity index (χ3v) is 16.7. The van der Waals surface area contributed by atoms with E-state index in [9.17, 15) is 81.1 Å². The lowest BCUT2D eigenvalue weighted by molar-refractivity contribution is -0.323. The monoisotopic (exact) mass is 1210 g/mol. The summed E-state index contributed by atoms with van der Waals surface area (Å²) in [6.07, 6.45) is 1.18. The fraction of sp³-hybridized carbons (Fsp3) is 0.738. The zero-order valence-electron chi connectivity index (χ0n) is 49.5. The molecule has 0 saturated carbocycles. The van der Waals surface area contributed by atoms with Crippen molar-refractivity contribution in [3.63, 3.8) is 0 Å². The molecule has 0 radical (unpaired) electrons. The lowest BCUT2D eigenvalue weighted by Gasteiger charge is -2.47. The molecule has 5 aliphatic heterocycles. The van der Waals surface area contributed by atoms with Gasteiger partial charge in [-0.15, -0.1) is 0 Å². The minimum atomic E-state index is -2.46. The molecule has 24 heteroatoms. The summed E-state index contributed by atoms with van der Waals surface area (Å²) in [4.78, 5) is 29.3. The number of nitrogens with zero attached hydrogens (tertiary/aromatic N) is 1. The largest absolute Gasteiger partial charge is 0.462 e. The number of amides is 1. The van der Waals surface area contributed by atoms with E-state index >= 15 is 0 Å². The second-order valence-electron chi connectivity index (χ2n) is 23.8. The van der Waals surface area contributed by atoms with Gasteiger partial charge >= 0.3 is 5.97 Å². The molecule has 0 aromatic carbocycles. The smallest absolute Gasteiger partial charge is 0.308 e. The standard InChI is InChI=1S/C61H99N3O21/c1-37-21-16-13-11-9-7-5-6-8-10-12-14-17-22-44(84-59-56(76)52(54(74)40(4)83-59)63-36-61(80)57(77)55(75)48(71)35-81-61)32-49-51(58(78)62-25-20-28-64-26-18-15-19-27-64)47(70)34-60(79,85-49)33-43(67)30-46(69)45(68)24-23-41(65)29-42(66)31-50(72)82-39(3)38(2)53(37)73/h5-14,16-17,21-22,37-49,51-57,59,63,65-71,73-77,79-80H,15,18-20,23-36H2,1-4H3,(H,62,78)/b6-5+,9-7+,10-8+,13-11+,14-12+,21-16+,22-17+/t37-,38?,39-,40+,41+,42+,43-,44-,45+,46+,47-,48+,49?,51?,52-,53+,54+,55+,56-,57-,59?,60+,61+/m0/s1. The zero-order chi connectivity index (χ0) is 62.4. The van der Waals surface area contributed by atoms with Gasteiger partial charge in [-0.25, -0.2) is 0 Å². The number of hydrogen-bond acceptors (Lipinski definition) is 23. The first kappa shape index (κ1) is 72.1. The van der Waals surface area contributed by atoms with Crippen LogP contribution in [-0.4, -0.2) is 249 Å². The van der Waals surface area contributed by atoms with Gasteiger partial charge in [0, 0.05) is 44.1 Å². The van der Waals surface area contributed by atoms with Crippen LogP contribution in [-0.2, 0) is 33.3 Å². The summed E-state index contributed by atoms with van der Waals surface area (Å²) < 4.78 is 29.6. The van der Waals surface area contributed by atoms with Crippen molar-refractivity contribution >= 4 is 11.9 Å². The van der Waals surface area contributed by atoms with Gasteiger partial charge in [0.05, 0.1) is 98.7 Å². The molecule has 23 atom stereocenters. The highest BCUT2D eigenvalue weighted by Crippen LogP contribution is 2.39. The van der Waals surface area contributed by atoms with Crippen molar-refractivity contribution in [1.82, 2.24) is 15.5 Å². The number of likely N-dealkylation sites (tertiary alicyclic amines) is 1. The number of carbonyl (C=O) groups excluding carboxylic acids is 2. The van der Waals surface area contributed by atoms with Gasteiger partial charge in [0.15, 0.2) is 12.1 Å². The van der Waals surface area contributed by atoms with E-state index in [2.05, 4.69) is 15.5 Å². The molecule has 85 heavy (non-hydrogen) atoms. The van der Waals surface area contributed by atoms with Crippen LogP contribution in [0.1, 0.15) is 105 Å². The van der Waals surface area contributed by atoms with E-state index in [-0.39, 0.29) is 38.1 Å². The maximum Gasteiger partial charge on any atom is 0.308 e. The zero-order valence-corrected chi connectivity index (χ0v) is 49.5. The number of carbonyl (C=O) groups is 2. The normalized spacial score (nSPS) is 44.4. The third-order valence-electron chi connectivity index (χ3n) is 16.7. The molecule has 5 rings (SSSR count). The molecule has 1 amide bonds. The van der Waals surface area contributed by atoms with Gasteiger partial charge in [0.2, 0.25) is 11.7 Å². The number of esters is 1. The molecule has 0 aromatic rings. The van der Waals surface area contributed by atoms with Gasteiger partial charge in [-0.3, -0.25) is 9.59 Å². The maximum absolute atomic E-state index is 14.3. The number of fused-ring (bicyclic) bond motifs is 2. The van der Waals surface area contributed by atoms with E-state index in [4.69, 9.17) is 23.7 Å². The average molecular weight is 1210 g/mol. The van der Waals surface area contributed by atoms with Crippen LogP contribution in [0.4, 0.5) is 0 Å². The van der Waals surface area contributed by atoms with Crippen LogP contribution in [0.25, 0.3) is 0 Å². The average Bonchev–Trinajstić information content (AvgIpc) is 3.49. The van der Waals surface area contributed by atoms with Crippen molar-refractivity contribution in [1.29, 1.82) is 0 Å². The molecule has 16 N–H and O–H groups in total. The number of nitrogens with one attached hydrogen (secondary N) is 2. The Morgan fingerprint density at radius 3 is 1.93 bits per heavy atom. The predicted molar refractivity (Wildman–Crippen MR) is 310 cm³/mol. The topological polar surface area (TPSA) is 391 Å². The van der Waals surface area contributed by atoms with Crippen molar-refractivity contribution in [2.24, 2.45) is 17.8 Å². The maximum atomic E-state index is 14.3. The summed E-state index contributed by atoms with van der Waals surface area (Å²) in [6.45, 7) is 8.38. The van der Waals surface area contributed by atoms with E-state index < -0.39 is 184 Å². The Morgan fingerprint density at radius 1 is 0.659 bits per heavy atom. The molecule has 2 bridgehead atoms. The second kappa shape index (κ2) is 35.5. The Hall–Kier alpha value is -3.68. The number of cyclic esters (lactones) is 1. The summed E-state index contributed by atoms with van der Waals surface area (Å²) in [7, 11) is 0. The van der Waals surface area contributed by atoms with Crippen molar-refractivity contribution < 1.29 is 105 Å². The van der Waals surface area contributed by atoms with Crippen molar-refractivity contribution in [2.45, 2.75) is 226 Å². The molecule has 484 valence electrons. The first-order valence-corrected chi connectivity index (χ1v) is 30.2. The highest BCUT2D eigenvalue weighted by atomic mass is 16.7. The lowest BCUT2D eigenvalue weighted by Crippen LogP contribution is -2.69. The van der Waals surface area contributed by atoms with Crippen molar-refractivity contribution in [3.05, 3.63) is 85.1 Å². The molecular formula is C61H99N3O21. The van der Waals surface area contributed by atoms with E-state index in [0.717, 1.165) is 38.9 Å². The highest BCUT2D eigenvalue weighted by Gasteiger charge is 2.53. The first-order chi connectivity index (χ1) is 40.3. The van der Waals surface area contributed by atoms with E-state index in [1.54, 1.807) is 92.8 Å². The molecular weight excluding hydrogens is 1110 g/mol. The van der Waals surface area contributed by atoms with E-state index in [1.807, 2.05) is 13.0 Å². The van der Waals surface area contributed by atoms with Gasteiger partial charge in [-0.1, -0.05) is 105 Å². The van der Waals surface area contributed by atoms with Crippen LogP contribution in [0.5, 0.6) is 0 Å². The van der Waals surface area contributed by atoms with Crippen molar-refractivity contribution in [3.8, 4) is 0 Å². The van der Waals surface area contributed by atoms with Crippen molar-refractivity contribution in [2.75, 3.05) is 39.3 Å². The number of aliphatic hydroxyl groups is 14. The van der Waals surface area contributed by atoms with Crippen LogP contribution < -0.4 is 10.6 Å². The quantitative estimate of drug-likeness (QED) is 0.0926. The number of piperidine rings is 1. The molecule has 0 aromatic heterocycles. The third kappa shape index (κ3) is 23.0. The highest BCUT2D eigenvalue weighted by molar-refractivity contribution is 5.80. The van der Waals surface area contributed by atoms with Crippen LogP contribution in [0.2, 0.25) is 0 Å². The van der Waals surface area contributed by atoms with Gasteiger partial charge in [0.25, 0.3) is 0 Å². The van der Waals surface area contributed by atoms with Crippen LogP contribution in [0, 0.1) is 17.8 Å². The molecule has 0 spiro atoms. The van der Waals surface area contributed by atoms with Gasteiger partial charge in [0.1, 0.15) is 30.5 Å². The van der Waals surface area contributed by atoms with Gasteiger partial charge < -0.3 is 111 Å². The lowest BCUT2D eigenvalue weighted by atomic mass is 9.82. The van der Waals surface area contributed by atoms with Crippen LogP contribution in [0.3, 0.4) is 0 Å². The summed E-state index contributed by atoms with van der Waals surface area (Å²) in [5, 5.41) is 160. The molecule has 5 aliphatic rings. The van der Waals surface area contributed by atoms with Crippen LogP contribution >= 0.6 is 0 Å². The fourth-order valence-electron chi connectivity index (χ4n) is 11.3. The number of rotatable bonds is 10. The fourth-order valence-corrected chi connectivity index (χ4v) is 11.3. The number of aliphatic hydroxyl groups excluding tert-OH is 12. The molecule has 24 nitrogen and oxygen atoms in total. The minimum absolute atomic E-state index is 0.125. The first-order valence-electron chi connectivity index (χ1n) is 30.2. The Morgan fingerprint density at radius 2 is 1.28 bits per heavy atom. The molecule has 0 aliphatic carbocycles. The number of ether oxygens (including phenoxy) is 5. The Kier molecular flexibility index (Phi) is 30.1. The molecule has 4 saturated heterocycles. The van der Waals surface area contributed by atoms with E-state index in [1.165, 1.54) is 6.92 Å². The number of hydrogen-bond donors (Lipinski definition) is 16. The Labute approximate surface area is 499 Å². The van der Waals surface area contributed by atoms with E-state index in [0.29, 0.717) is 6.42 Å². The Balaban J connectivity index is 1.42. The number of allylic oxidation sites excluding steroid dienone is 12. The predicted octanol–water partition coefficient (Wildman–Crippen LogP) is -0.948. The summed E-state index contributed by atoms with van der Waals surface area (Å²) in [6, 6.07) is -1.34. The minimum Gasteiger partial charge on any atom is -0.462 e. The summed E-state index contributed by atoms with van der Waals surface area (Å²) in [5.74, 6) is -8.29. The van der Waals surface area contributed by atoms with Gasteiger partial charge in [-0.2, -0.15) is 0 Å². The summed E-state index contributed by atoms with van der Waals surface area (Å²) >= 11 is 0. The second-order valence-corrected chi connectivity index (χ2v) is 23.8. The summed E-state index contributed by atoms with van der Waals surface area (Å²) in [5.41, 5.74) is 0. The molecule has 4 unspecified atom stereocenters. The SMILES string of the molecule is CC1[C@H](C)OC(=O)C[C@H](O)C[C@H](O)CC[C@@H](O)[C@H](O)C[C@H](O)C[C@]2(O)C[C@H](O)C(C(=O)NCCCN3CCCCC3)C(C[C@@H](OC3O[C@H](C)[C@@H](O)[C@H](NC[C@@]4(O)OC[C@@H](O)[C@@H](O)[C@@H]4O)[C@@H]3O)/C=C/C=C/C=C/C=C/C=C/C=C/C=C/[C@H](C)[C@H]1O)O2. The molecule has 4 fully saturated rings. The van der Waals surface area contributed by atoms with Crippen LogP contribution in [0.15, 0.2) is 85.1 Å². The Bertz CT molecular complexity index is 2210. The molecule has 5 heterocycles. The van der Waals surface area contributed by atoms with Gasteiger partial charge in [-0.05, 0) is 72.0 Å².